The average molecular weight is 305 g/mol. The highest BCUT2D eigenvalue weighted by Gasteiger charge is 2.15. The Morgan fingerprint density at radius 1 is 1.14 bits per heavy atom. The molecule has 0 amide bonds. The van der Waals surface area contributed by atoms with E-state index < -0.39 is 0 Å². The number of nitrogens with zero attached hydrogens (tertiary/aromatic N) is 3. The molecule has 2 heterocycles. The van der Waals surface area contributed by atoms with Gasteiger partial charge in [0.2, 0.25) is 0 Å². The first-order chi connectivity index (χ1) is 10.1. The maximum Gasteiger partial charge on any atom is 0.135 e. The van der Waals surface area contributed by atoms with Crippen molar-refractivity contribution in [3.63, 3.8) is 0 Å². The van der Waals surface area contributed by atoms with Gasteiger partial charge < -0.3 is 10.6 Å². The fraction of sp³-hybridized carbons (Fsp3) is 0.533. The molecule has 0 unspecified atom stereocenters. The molecule has 21 heavy (non-hydrogen) atoms. The molecule has 5 nitrogen and oxygen atoms in total. The molecule has 0 radical (unpaired) electrons. The Morgan fingerprint density at radius 2 is 1.86 bits per heavy atom. The van der Waals surface area contributed by atoms with E-state index in [4.69, 9.17) is 0 Å². The largest absolute Gasteiger partial charge is 0.370 e. The SMILES string of the molecule is CCCNc1ncnc(NCc2scnc2C)c1C(C)C. The van der Waals surface area contributed by atoms with E-state index in [-0.39, 0.29) is 0 Å². The molecule has 114 valence electrons. The molecule has 2 N–H and O–H groups in total. The standard InChI is InChI=1S/C15H23N5S/c1-5-6-16-14-13(10(2)3)15(19-8-18-14)17-7-12-11(4)20-9-21-12/h8-10H,5-7H2,1-4H3,(H2,16,17,18,19). The third kappa shape index (κ3) is 3.91. The Hall–Kier alpha value is -1.69. The minimum absolute atomic E-state index is 0.357. The van der Waals surface area contributed by atoms with Crippen LogP contribution in [0.25, 0.3) is 0 Å². The van der Waals surface area contributed by atoms with Gasteiger partial charge in [0.05, 0.1) is 17.7 Å². The average Bonchev–Trinajstić information content (AvgIpc) is 2.87. The van der Waals surface area contributed by atoms with Gasteiger partial charge in [0.1, 0.15) is 18.0 Å². The lowest BCUT2D eigenvalue weighted by Crippen LogP contribution is -2.11. The van der Waals surface area contributed by atoms with Crippen LogP contribution in [0.1, 0.15) is 49.2 Å². The number of aryl methyl sites for hydroxylation is 1. The van der Waals surface area contributed by atoms with Crippen LogP contribution in [0, 0.1) is 6.92 Å². The van der Waals surface area contributed by atoms with Gasteiger partial charge in [-0.1, -0.05) is 20.8 Å². The summed E-state index contributed by atoms with van der Waals surface area (Å²) in [6.45, 7) is 10.2. The van der Waals surface area contributed by atoms with E-state index in [1.165, 1.54) is 4.88 Å². The lowest BCUT2D eigenvalue weighted by Gasteiger charge is -2.17. The molecule has 6 heteroatoms. The van der Waals surface area contributed by atoms with Gasteiger partial charge in [-0.3, -0.25) is 0 Å². The van der Waals surface area contributed by atoms with E-state index in [1.807, 2.05) is 12.4 Å². The van der Waals surface area contributed by atoms with Crippen LogP contribution >= 0.6 is 11.3 Å². The zero-order valence-corrected chi connectivity index (χ0v) is 13.9. The van der Waals surface area contributed by atoms with Crippen LogP contribution in [0.3, 0.4) is 0 Å². The summed E-state index contributed by atoms with van der Waals surface area (Å²) in [4.78, 5) is 14.3. The second-order valence-electron chi connectivity index (χ2n) is 5.28. The quantitative estimate of drug-likeness (QED) is 0.814. The highest BCUT2D eigenvalue weighted by Crippen LogP contribution is 2.29. The number of hydrogen-bond donors (Lipinski definition) is 2. The monoisotopic (exact) mass is 305 g/mol. The van der Waals surface area contributed by atoms with E-state index in [9.17, 15) is 0 Å². The molecule has 2 aromatic rings. The van der Waals surface area contributed by atoms with E-state index in [1.54, 1.807) is 17.7 Å². The number of nitrogens with one attached hydrogen (secondary N) is 2. The lowest BCUT2D eigenvalue weighted by molar-refractivity contribution is 0.839. The predicted octanol–water partition coefficient (Wildman–Crippen LogP) is 3.80. The van der Waals surface area contributed by atoms with Crippen LogP contribution in [-0.4, -0.2) is 21.5 Å². The summed E-state index contributed by atoms with van der Waals surface area (Å²) in [6, 6.07) is 0. The van der Waals surface area contributed by atoms with Crippen molar-refractivity contribution < 1.29 is 0 Å². The van der Waals surface area contributed by atoms with Gasteiger partial charge in [0.25, 0.3) is 0 Å². The Labute approximate surface area is 130 Å². The third-order valence-corrected chi connectivity index (χ3v) is 4.20. The number of aromatic nitrogens is 3. The summed E-state index contributed by atoms with van der Waals surface area (Å²) in [6.07, 6.45) is 2.69. The Morgan fingerprint density at radius 3 is 2.43 bits per heavy atom. The molecule has 0 aliphatic rings. The lowest BCUT2D eigenvalue weighted by atomic mass is 10.0. The molecular weight excluding hydrogens is 282 g/mol. The molecule has 0 fully saturated rings. The van der Waals surface area contributed by atoms with Gasteiger partial charge in [-0.15, -0.1) is 11.3 Å². The van der Waals surface area contributed by atoms with Crippen molar-refractivity contribution in [3.05, 3.63) is 28.0 Å². The topological polar surface area (TPSA) is 62.7 Å². The molecule has 0 aliphatic carbocycles. The van der Waals surface area contributed by atoms with Gasteiger partial charge in [-0.05, 0) is 19.3 Å². The summed E-state index contributed by atoms with van der Waals surface area (Å²) >= 11 is 1.67. The summed E-state index contributed by atoms with van der Waals surface area (Å²) < 4.78 is 0. The van der Waals surface area contributed by atoms with Crippen molar-refractivity contribution in [1.82, 2.24) is 15.0 Å². The minimum Gasteiger partial charge on any atom is -0.370 e. The molecule has 0 spiro atoms. The summed E-state index contributed by atoms with van der Waals surface area (Å²) in [5, 5.41) is 6.82. The first-order valence-corrected chi connectivity index (χ1v) is 8.23. The highest BCUT2D eigenvalue weighted by atomic mass is 32.1. The van der Waals surface area contributed by atoms with Crippen molar-refractivity contribution in [2.45, 2.75) is 46.6 Å². The second-order valence-corrected chi connectivity index (χ2v) is 6.22. The Balaban J connectivity index is 2.19. The predicted molar refractivity (Wildman–Crippen MR) is 89.1 cm³/mol. The maximum atomic E-state index is 4.42. The van der Waals surface area contributed by atoms with Gasteiger partial charge in [0, 0.05) is 17.0 Å². The van der Waals surface area contributed by atoms with Crippen molar-refractivity contribution in [2.24, 2.45) is 0 Å². The zero-order chi connectivity index (χ0) is 15.2. The van der Waals surface area contributed by atoms with Crippen LogP contribution in [0.4, 0.5) is 11.6 Å². The molecule has 0 bridgehead atoms. The van der Waals surface area contributed by atoms with Crippen molar-refractivity contribution >= 4 is 23.0 Å². The van der Waals surface area contributed by atoms with Crippen molar-refractivity contribution in [3.8, 4) is 0 Å². The molecule has 0 saturated carbocycles. The van der Waals surface area contributed by atoms with Crippen molar-refractivity contribution in [2.75, 3.05) is 17.2 Å². The molecular formula is C15H23N5S. The zero-order valence-electron chi connectivity index (χ0n) is 13.1. The van der Waals surface area contributed by atoms with Gasteiger partial charge in [0.15, 0.2) is 0 Å². The smallest absolute Gasteiger partial charge is 0.135 e. The molecule has 2 aromatic heterocycles. The van der Waals surface area contributed by atoms with Crippen LogP contribution in [0.15, 0.2) is 11.8 Å². The van der Waals surface area contributed by atoms with Gasteiger partial charge in [-0.25, -0.2) is 15.0 Å². The van der Waals surface area contributed by atoms with Crippen LogP contribution in [-0.2, 0) is 6.54 Å². The van der Waals surface area contributed by atoms with Gasteiger partial charge >= 0.3 is 0 Å². The van der Waals surface area contributed by atoms with Crippen LogP contribution < -0.4 is 10.6 Å². The third-order valence-electron chi connectivity index (χ3n) is 3.26. The van der Waals surface area contributed by atoms with E-state index in [2.05, 4.69) is 46.4 Å². The van der Waals surface area contributed by atoms with E-state index in [0.717, 1.165) is 42.4 Å². The molecule has 0 aliphatic heterocycles. The minimum atomic E-state index is 0.357. The Kier molecular flexibility index (Phi) is 5.50. The first kappa shape index (κ1) is 15.7. The summed E-state index contributed by atoms with van der Waals surface area (Å²) in [7, 11) is 0. The first-order valence-electron chi connectivity index (χ1n) is 7.35. The van der Waals surface area contributed by atoms with Crippen molar-refractivity contribution in [1.29, 1.82) is 0 Å². The number of hydrogen-bond acceptors (Lipinski definition) is 6. The van der Waals surface area contributed by atoms with E-state index >= 15 is 0 Å². The molecule has 0 saturated heterocycles. The number of thiazole rings is 1. The van der Waals surface area contributed by atoms with Crippen LogP contribution in [0.2, 0.25) is 0 Å². The second kappa shape index (κ2) is 7.36. The van der Waals surface area contributed by atoms with Crippen LogP contribution in [0.5, 0.6) is 0 Å². The number of rotatable bonds is 7. The normalized spacial score (nSPS) is 10.9. The fourth-order valence-electron chi connectivity index (χ4n) is 2.13. The molecule has 0 aromatic carbocycles. The molecule has 0 atom stereocenters. The maximum absolute atomic E-state index is 4.42. The summed E-state index contributed by atoms with van der Waals surface area (Å²) in [5.74, 6) is 2.20. The van der Waals surface area contributed by atoms with Gasteiger partial charge in [-0.2, -0.15) is 0 Å². The number of anilines is 2. The summed E-state index contributed by atoms with van der Waals surface area (Å²) in [5.41, 5.74) is 4.11. The Bertz CT molecular complexity index is 579. The van der Waals surface area contributed by atoms with E-state index in [0.29, 0.717) is 5.92 Å². The molecule has 2 rings (SSSR count). The fourth-order valence-corrected chi connectivity index (χ4v) is 2.84. The highest BCUT2D eigenvalue weighted by molar-refractivity contribution is 7.09.